The summed E-state index contributed by atoms with van der Waals surface area (Å²) < 4.78 is 0. The molecule has 1 spiro atoms. The molecule has 0 aromatic carbocycles. The van der Waals surface area contributed by atoms with Crippen LogP contribution in [-0.4, -0.2) is 34.5 Å². The predicted octanol–water partition coefficient (Wildman–Crippen LogP) is 1.47. The lowest BCUT2D eigenvalue weighted by atomic mass is 9.76. The van der Waals surface area contributed by atoms with Crippen LogP contribution in [0.1, 0.15) is 51.9 Å². The third-order valence-corrected chi connectivity index (χ3v) is 4.30. The van der Waals surface area contributed by atoms with Gasteiger partial charge in [0.1, 0.15) is 0 Å². The summed E-state index contributed by atoms with van der Waals surface area (Å²) in [6.45, 7) is 1.77. The molecule has 1 saturated heterocycles. The molecule has 2 aliphatic rings. The van der Waals surface area contributed by atoms with Crippen molar-refractivity contribution in [2.45, 2.75) is 57.9 Å². The van der Waals surface area contributed by atoms with Gasteiger partial charge in [-0.05, 0) is 24.7 Å². The van der Waals surface area contributed by atoms with E-state index in [2.05, 4.69) is 0 Å². The van der Waals surface area contributed by atoms with Gasteiger partial charge in [0.05, 0.1) is 12.6 Å². The fraction of sp³-hybridized carbons (Fsp3) is 0.846. The highest BCUT2D eigenvalue weighted by atomic mass is 16.3. The molecule has 0 unspecified atom stereocenters. The van der Waals surface area contributed by atoms with Crippen LogP contribution in [0.3, 0.4) is 0 Å². The molecule has 1 atom stereocenters. The monoisotopic (exact) mass is 239 g/mol. The maximum atomic E-state index is 12.1. The first-order chi connectivity index (χ1) is 8.12. The van der Waals surface area contributed by atoms with Crippen molar-refractivity contribution < 1.29 is 14.7 Å². The van der Waals surface area contributed by atoms with Crippen molar-refractivity contribution in [3.8, 4) is 0 Å². The van der Waals surface area contributed by atoms with E-state index >= 15 is 0 Å². The van der Waals surface area contributed by atoms with Crippen LogP contribution in [-0.2, 0) is 9.59 Å². The van der Waals surface area contributed by atoms with E-state index in [1.54, 1.807) is 0 Å². The van der Waals surface area contributed by atoms with E-state index in [1.807, 2.05) is 6.92 Å². The van der Waals surface area contributed by atoms with Crippen molar-refractivity contribution in [1.82, 2.24) is 4.90 Å². The second kappa shape index (κ2) is 4.77. The summed E-state index contributed by atoms with van der Waals surface area (Å²) in [6.07, 6.45) is 5.91. The van der Waals surface area contributed by atoms with Gasteiger partial charge in [0, 0.05) is 12.8 Å². The summed E-state index contributed by atoms with van der Waals surface area (Å²) in [5.41, 5.74) is -0.0432. The van der Waals surface area contributed by atoms with Crippen molar-refractivity contribution in [1.29, 1.82) is 0 Å². The molecule has 1 N–H and O–H groups in total. The molecular formula is C13H21NO3. The number of carbonyl (C=O) groups excluding carboxylic acids is 2. The third-order valence-electron chi connectivity index (χ3n) is 4.30. The van der Waals surface area contributed by atoms with Crippen molar-refractivity contribution in [3.63, 3.8) is 0 Å². The van der Waals surface area contributed by atoms with Crippen LogP contribution in [0.2, 0.25) is 0 Å². The van der Waals surface area contributed by atoms with Gasteiger partial charge in [0.25, 0.3) is 0 Å². The summed E-state index contributed by atoms with van der Waals surface area (Å²) in [6, 6.07) is -0.325. The van der Waals surface area contributed by atoms with Gasteiger partial charge in [-0.1, -0.05) is 19.8 Å². The Morgan fingerprint density at radius 3 is 2.18 bits per heavy atom. The number of imide groups is 1. The van der Waals surface area contributed by atoms with Crippen LogP contribution in [0.25, 0.3) is 0 Å². The Morgan fingerprint density at radius 2 is 1.76 bits per heavy atom. The molecule has 4 heteroatoms. The lowest BCUT2D eigenvalue weighted by Crippen LogP contribution is -2.52. The average Bonchev–Trinajstić information content (AvgIpc) is 2.71. The molecule has 2 fully saturated rings. The maximum Gasteiger partial charge on any atom is 0.230 e. The van der Waals surface area contributed by atoms with E-state index < -0.39 is 0 Å². The average molecular weight is 239 g/mol. The van der Waals surface area contributed by atoms with Gasteiger partial charge in [-0.15, -0.1) is 0 Å². The molecule has 1 heterocycles. The second-order valence-electron chi connectivity index (χ2n) is 5.46. The summed E-state index contributed by atoms with van der Waals surface area (Å²) in [5, 5.41) is 9.22. The Labute approximate surface area is 102 Å². The Kier molecular flexibility index (Phi) is 3.52. The maximum absolute atomic E-state index is 12.1. The van der Waals surface area contributed by atoms with Gasteiger partial charge in [-0.25, -0.2) is 0 Å². The van der Waals surface area contributed by atoms with E-state index in [9.17, 15) is 14.7 Å². The topological polar surface area (TPSA) is 57.6 Å². The van der Waals surface area contributed by atoms with Crippen LogP contribution < -0.4 is 0 Å². The van der Waals surface area contributed by atoms with Gasteiger partial charge >= 0.3 is 0 Å². The molecule has 0 radical (unpaired) electrons. The third kappa shape index (κ3) is 2.23. The first-order valence-electron chi connectivity index (χ1n) is 6.57. The van der Waals surface area contributed by atoms with Crippen molar-refractivity contribution >= 4 is 11.8 Å². The van der Waals surface area contributed by atoms with Crippen molar-refractivity contribution in [2.24, 2.45) is 5.41 Å². The zero-order chi connectivity index (χ0) is 12.5. The van der Waals surface area contributed by atoms with Crippen LogP contribution in [0.5, 0.6) is 0 Å². The Balaban J connectivity index is 2.13. The molecule has 0 aromatic rings. The molecule has 0 aromatic heterocycles. The minimum Gasteiger partial charge on any atom is -0.394 e. The SMILES string of the molecule is CC[C@@H](CO)N1C(=O)CC2(CCCC2)CC1=O. The fourth-order valence-electron chi connectivity index (χ4n) is 3.29. The molecule has 2 rings (SSSR count). The number of hydrogen-bond acceptors (Lipinski definition) is 3. The standard InChI is InChI=1S/C13H21NO3/c1-2-10(9-15)14-11(16)7-13(8-12(14)17)5-3-4-6-13/h10,15H,2-9H2,1H3/t10-/m0/s1. The molecule has 1 aliphatic carbocycles. The molecule has 4 nitrogen and oxygen atoms in total. The highest BCUT2D eigenvalue weighted by Gasteiger charge is 2.46. The van der Waals surface area contributed by atoms with Crippen LogP contribution >= 0.6 is 0 Å². The minimum atomic E-state index is -0.325. The van der Waals surface area contributed by atoms with Gasteiger partial charge in [0.2, 0.25) is 11.8 Å². The molecule has 96 valence electrons. The fourth-order valence-corrected chi connectivity index (χ4v) is 3.29. The number of likely N-dealkylation sites (tertiary alicyclic amines) is 1. The van der Waals surface area contributed by atoms with E-state index in [4.69, 9.17) is 0 Å². The highest BCUT2D eigenvalue weighted by molar-refractivity contribution is 5.99. The van der Waals surface area contributed by atoms with Crippen LogP contribution in [0.4, 0.5) is 0 Å². The summed E-state index contributed by atoms with van der Waals surface area (Å²) >= 11 is 0. The summed E-state index contributed by atoms with van der Waals surface area (Å²) in [4.78, 5) is 25.5. The van der Waals surface area contributed by atoms with Crippen molar-refractivity contribution in [2.75, 3.05) is 6.61 Å². The van der Waals surface area contributed by atoms with Gasteiger partial charge in [0.15, 0.2) is 0 Å². The van der Waals surface area contributed by atoms with Crippen LogP contribution in [0.15, 0.2) is 0 Å². The Morgan fingerprint density at radius 1 is 1.24 bits per heavy atom. The van der Waals surface area contributed by atoms with E-state index in [-0.39, 0.29) is 29.9 Å². The van der Waals surface area contributed by atoms with Gasteiger partial charge in [-0.3, -0.25) is 14.5 Å². The molecule has 1 saturated carbocycles. The number of carbonyl (C=O) groups is 2. The lowest BCUT2D eigenvalue weighted by molar-refractivity contribution is -0.157. The van der Waals surface area contributed by atoms with E-state index in [0.29, 0.717) is 19.3 Å². The Bertz CT molecular complexity index is 297. The molecular weight excluding hydrogens is 218 g/mol. The largest absolute Gasteiger partial charge is 0.394 e. The lowest BCUT2D eigenvalue weighted by Gasteiger charge is -2.40. The molecule has 0 bridgehead atoms. The van der Waals surface area contributed by atoms with Crippen molar-refractivity contribution in [3.05, 3.63) is 0 Å². The highest BCUT2D eigenvalue weighted by Crippen LogP contribution is 2.47. The number of piperidine rings is 1. The van der Waals surface area contributed by atoms with E-state index in [1.165, 1.54) is 4.90 Å². The van der Waals surface area contributed by atoms with Gasteiger partial charge < -0.3 is 5.11 Å². The number of amides is 2. The summed E-state index contributed by atoms with van der Waals surface area (Å²) in [5.74, 6) is -0.159. The second-order valence-corrected chi connectivity index (χ2v) is 5.46. The first kappa shape index (κ1) is 12.6. The number of aliphatic hydroxyl groups excluding tert-OH is 1. The van der Waals surface area contributed by atoms with E-state index in [0.717, 1.165) is 25.7 Å². The number of aliphatic hydroxyl groups is 1. The molecule has 17 heavy (non-hydrogen) atoms. The number of hydrogen-bond donors (Lipinski definition) is 1. The van der Waals surface area contributed by atoms with Gasteiger partial charge in [-0.2, -0.15) is 0 Å². The Hall–Kier alpha value is -0.900. The normalized spacial score (nSPS) is 25.6. The zero-order valence-electron chi connectivity index (χ0n) is 10.4. The number of rotatable bonds is 3. The molecule has 2 amide bonds. The minimum absolute atomic E-state index is 0.0432. The smallest absolute Gasteiger partial charge is 0.230 e. The molecule has 1 aliphatic heterocycles. The predicted molar refractivity (Wildman–Crippen MR) is 63.2 cm³/mol. The zero-order valence-corrected chi connectivity index (χ0v) is 10.4. The first-order valence-corrected chi connectivity index (χ1v) is 6.57. The number of nitrogens with zero attached hydrogens (tertiary/aromatic N) is 1. The van der Waals surface area contributed by atoms with Crippen LogP contribution in [0, 0.1) is 5.41 Å². The summed E-state index contributed by atoms with van der Waals surface area (Å²) in [7, 11) is 0. The quantitative estimate of drug-likeness (QED) is 0.759.